The third kappa shape index (κ3) is 4.15. The summed E-state index contributed by atoms with van der Waals surface area (Å²) in [6, 6.07) is 0. The molecule has 4 nitrogen and oxygen atoms in total. The van der Waals surface area contributed by atoms with Crippen molar-refractivity contribution in [1.29, 1.82) is 0 Å². The van der Waals surface area contributed by atoms with Crippen molar-refractivity contribution in [3.05, 3.63) is 0 Å². The van der Waals surface area contributed by atoms with E-state index in [0.29, 0.717) is 38.8 Å². The molecule has 82 valence electrons. The molecule has 0 spiro atoms. The van der Waals surface area contributed by atoms with E-state index in [0.717, 1.165) is 12.8 Å². The molecule has 0 saturated carbocycles. The summed E-state index contributed by atoms with van der Waals surface area (Å²) in [4.78, 5) is 13.0. The van der Waals surface area contributed by atoms with Gasteiger partial charge in [0.05, 0.1) is 19.8 Å². The first kappa shape index (κ1) is 11.6. The van der Waals surface area contributed by atoms with Gasteiger partial charge in [0.1, 0.15) is 0 Å². The first-order valence-electron chi connectivity index (χ1n) is 4.90. The summed E-state index contributed by atoms with van der Waals surface area (Å²) in [5.41, 5.74) is 0. The first-order chi connectivity index (χ1) is 6.84. The van der Waals surface area contributed by atoms with E-state index < -0.39 is 0 Å². The molecule has 0 bridgehead atoms. The zero-order valence-corrected chi connectivity index (χ0v) is 8.96. The van der Waals surface area contributed by atoms with Gasteiger partial charge in [0.2, 0.25) is 0 Å². The van der Waals surface area contributed by atoms with E-state index in [2.05, 4.69) is 0 Å². The molecule has 1 fully saturated rings. The number of ether oxygens (including phenoxy) is 2. The van der Waals surface area contributed by atoms with Crippen LogP contribution in [-0.2, 0) is 9.47 Å². The summed E-state index contributed by atoms with van der Waals surface area (Å²) < 4.78 is 10.2. The highest BCUT2D eigenvalue weighted by Gasteiger charge is 2.17. The van der Waals surface area contributed by atoms with E-state index >= 15 is 0 Å². The maximum atomic E-state index is 11.4. The van der Waals surface area contributed by atoms with Crippen molar-refractivity contribution >= 4 is 17.7 Å². The number of nitrogens with zero attached hydrogens (tertiary/aromatic N) is 1. The van der Waals surface area contributed by atoms with Crippen LogP contribution in [0.15, 0.2) is 0 Å². The molecule has 1 rings (SSSR count). The van der Waals surface area contributed by atoms with Gasteiger partial charge >= 0.3 is 6.09 Å². The number of carbonyl (C=O) groups excluding carboxylic acids is 1. The number of unbranched alkanes of at least 4 members (excludes halogenated alkanes) is 1. The number of hydrogen-bond donors (Lipinski definition) is 0. The highest BCUT2D eigenvalue weighted by Crippen LogP contribution is 2.01. The molecule has 0 aromatic carbocycles. The minimum absolute atomic E-state index is 0.233. The second-order valence-corrected chi connectivity index (χ2v) is 3.49. The van der Waals surface area contributed by atoms with Crippen molar-refractivity contribution in [1.82, 2.24) is 4.90 Å². The standard InChI is InChI=1S/C9H16ClNO3/c10-3-1-2-6-14-9(12)11-4-7-13-8-5-11/h1-8H2. The summed E-state index contributed by atoms with van der Waals surface area (Å²) in [5.74, 6) is 0.620. The third-order valence-corrected chi connectivity index (χ3v) is 2.29. The second kappa shape index (κ2) is 6.90. The third-order valence-electron chi connectivity index (χ3n) is 2.02. The lowest BCUT2D eigenvalue weighted by atomic mass is 10.4. The van der Waals surface area contributed by atoms with Crippen LogP contribution in [0.5, 0.6) is 0 Å². The molecule has 14 heavy (non-hydrogen) atoms. The van der Waals surface area contributed by atoms with Crippen molar-refractivity contribution in [2.24, 2.45) is 0 Å². The largest absolute Gasteiger partial charge is 0.449 e. The predicted octanol–water partition coefficient (Wildman–Crippen LogP) is 1.47. The molecule has 1 heterocycles. The number of hydrogen-bond acceptors (Lipinski definition) is 3. The first-order valence-corrected chi connectivity index (χ1v) is 5.43. The Balaban J connectivity index is 2.07. The summed E-state index contributed by atoms with van der Waals surface area (Å²) in [6.45, 7) is 2.94. The van der Waals surface area contributed by atoms with Gasteiger partial charge < -0.3 is 14.4 Å². The zero-order chi connectivity index (χ0) is 10.2. The summed E-state index contributed by atoms with van der Waals surface area (Å²) in [6.07, 6.45) is 1.49. The summed E-state index contributed by atoms with van der Waals surface area (Å²) >= 11 is 5.50. The fourth-order valence-electron chi connectivity index (χ4n) is 1.19. The summed E-state index contributed by atoms with van der Waals surface area (Å²) in [5, 5.41) is 0. The molecule has 0 aromatic heterocycles. The second-order valence-electron chi connectivity index (χ2n) is 3.11. The molecule has 5 heteroatoms. The number of halogens is 1. The number of alkyl halides is 1. The predicted molar refractivity (Wildman–Crippen MR) is 53.7 cm³/mol. The fourth-order valence-corrected chi connectivity index (χ4v) is 1.38. The quantitative estimate of drug-likeness (QED) is 0.533. The lowest BCUT2D eigenvalue weighted by Crippen LogP contribution is -2.41. The summed E-state index contributed by atoms with van der Waals surface area (Å²) in [7, 11) is 0. The van der Waals surface area contributed by atoms with E-state index in [1.807, 2.05) is 0 Å². The number of amides is 1. The van der Waals surface area contributed by atoms with Crippen LogP contribution in [0.4, 0.5) is 4.79 Å². The van der Waals surface area contributed by atoms with Crippen LogP contribution in [0, 0.1) is 0 Å². The van der Waals surface area contributed by atoms with Gasteiger partial charge in [-0.25, -0.2) is 4.79 Å². The van der Waals surface area contributed by atoms with Crippen LogP contribution >= 0.6 is 11.6 Å². The number of rotatable bonds is 4. The van der Waals surface area contributed by atoms with Gasteiger partial charge in [-0.1, -0.05) is 0 Å². The van der Waals surface area contributed by atoms with Gasteiger partial charge in [-0.15, -0.1) is 11.6 Å². The Morgan fingerprint density at radius 2 is 2.07 bits per heavy atom. The highest BCUT2D eigenvalue weighted by atomic mass is 35.5. The van der Waals surface area contributed by atoms with Gasteiger partial charge in [0, 0.05) is 19.0 Å². The molecule has 0 aromatic rings. The van der Waals surface area contributed by atoms with Crippen LogP contribution in [-0.4, -0.2) is 49.8 Å². The van der Waals surface area contributed by atoms with Gasteiger partial charge in [0.15, 0.2) is 0 Å². The molecular formula is C9H16ClNO3. The van der Waals surface area contributed by atoms with E-state index in [-0.39, 0.29) is 6.09 Å². The van der Waals surface area contributed by atoms with Crippen molar-refractivity contribution in [3.8, 4) is 0 Å². The Morgan fingerprint density at radius 3 is 2.71 bits per heavy atom. The molecule has 0 radical (unpaired) electrons. The van der Waals surface area contributed by atoms with Gasteiger partial charge in [0.25, 0.3) is 0 Å². The smallest absolute Gasteiger partial charge is 0.409 e. The van der Waals surface area contributed by atoms with Crippen LogP contribution in [0.3, 0.4) is 0 Å². The molecule has 0 unspecified atom stereocenters. The number of morpholine rings is 1. The van der Waals surface area contributed by atoms with E-state index in [1.54, 1.807) is 4.90 Å². The van der Waals surface area contributed by atoms with Crippen molar-refractivity contribution in [3.63, 3.8) is 0 Å². The van der Waals surface area contributed by atoms with Gasteiger partial charge in [-0.2, -0.15) is 0 Å². The van der Waals surface area contributed by atoms with E-state index in [1.165, 1.54) is 0 Å². The monoisotopic (exact) mass is 221 g/mol. The molecule has 1 amide bonds. The molecule has 1 aliphatic heterocycles. The fraction of sp³-hybridized carbons (Fsp3) is 0.889. The minimum atomic E-state index is -0.233. The van der Waals surface area contributed by atoms with Crippen molar-refractivity contribution < 1.29 is 14.3 Å². The average Bonchev–Trinajstić information content (AvgIpc) is 2.25. The SMILES string of the molecule is O=C(OCCCCCl)N1CCOCC1. The Kier molecular flexibility index (Phi) is 5.71. The normalized spacial score (nSPS) is 16.8. The molecule has 1 saturated heterocycles. The van der Waals surface area contributed by atoms with Crippen LogP contribution in [0.25, 0.3) is 0 Å². The molecular weight excluding hydrogens is 206 g/mol. The Hall–Kier alpha value is -0.480. The highest BCUT2D eigenvalue weighted by molar-refractivity contribution is 6.17. The van der Waals surface area contributed by atoms with Crippen LogP contribution in [0.1, 0.15) is 12.8 Å². The molecule has 1 aliphatic rings. The lowest BCUT2D eigenvalue weighted by molar-refractivity contribution is 0.0269. The van der Waals surface area contributed by atoms with Crippen LogP contribution in [0.2, 0.25) is 0 Å². The maximum absolute atomic E-state index is 11.4. The number of carbonyl (C=O) groups is 1. The Morgan fingerprint density at radius 1 is 1.36 bits per heavy atom. The minimum Gasteiger partial charge on any atom is -0.449 e. The van der Waals surface area contributed by atoms with Crippen molar-refractivity contribution in [2.75, 3.05) is 38.8 Å². The van der Waals surface area contributed by atoms with E-state index in [9.17, 15) is 4.79 Å². The maximum Gasteiger partial charge on any atom is 0.409 e. The topological polar surface area (TPSA) is 38.8 Å². The van der Waals surface area contributed by atoms with Crippen LogP contribution < -0.4 is 0 Å². The zero-order valence-electron chi connectivity index (χ0n) is 8.21. The lowest BCUT2D eigenvalue weighted by Gasteiger charge is -2.25. The Bertz CT molecular complexity index is 171. The van der Waals surface area contributed by atoms with Gasteiger partial charge in [-0.3, -0.25) is 0 Å². The van der Waals surface area contributed by atoms with Crippen molar-refractivity contribution in [2.45, 2.75) is 12.8 Å². The molecule has 0 atom stereocenters. The average molecular weight is 222 g/mol. The van der Waals surface area contributed by atoms with Gasteiger partial charge in [-0.05, 0) is 12.8 Å². The Labute approximate surface area is 89.1 Å². The molecule has 0 N–H and O–H groups in total. The van der Waals surface area contributed by atoms with E-state index in [4.69, 9.17) is 21.1 Å². The molecule has 0 aliphatic carbocycles.